The van der Waals surface area contributed by atoms with Gasteiger partial charge in [0.15, 0.2) is 0 Å². The molecule has 1 aromatic rings. The zero-order chi connectivity index (χ0) is 21.6. The van der Waals surface area contributed by atoms with Gasteiger partial charge in [-0.15, -0.1) is 0 Å². The molecule has 2 fully saturated rings. The summed E-state index contributed by atoms with van der Waals surface area (Å²) in [5, 5.41) is 5.82. The molecule has 0 spiro atoms. The molecule has 1 heterocycles. The van der Waals surface area contributed by atoms with E-state index in [-0.39, 0.29) is 24.3 Å². The van der Waals surface area contributed by atoms with E-state index in [1.165, 1.54) is 0 Å². The van der Waals surface area contributed by atoms with Crippen LogP contribution < -0.4 is 10.6 Å². The average molecular weight is 418 g/mol. The van der Waals surface area contributed by atoms with Crippen molar-refractivity contribution in [1.29, 1.82) is 0 Å². The van der Waals surface area contributed by atoms with Crippen LogP contribution in [0, 0.1) is 0 Å². The fourth-order valence-corrected chi connectivity index (χ4v) is 4.20. The maximum atomic E-state index is 12.1. The van der Waals surface area contributed by atoms with Gasteiger partial charge in [-0.25, -0.2) is 9.59 Å². The number of ether oxygens (including phenoxy) is 2. The van der Waals surface area contributed by atoms with E-state index < -0.39 is 5.60 Å². The summed E-state index contributed by atoms with van der Waals surface area (Å²) >= 11 is 0. The minimum atomic E-state index is -0.478. The Morgan fingerprint density at radius 3 is 2.40 bits per heavy atom. The number of amides is 2. The summed E-state index contributed by atoms with van der Waals surface area (Å²) in [6, 6.07) is 10.4. The predicted molar refractivity (Wildman–Crippen MR) is 115 cm³/mol. The van der Waals surface area contributed by atoms with E-state index in [0.29, 0.717) is 12.6 Å². The van der Waals surface area contributed by atoms with E-state index in [1.807, 2.05) is 51.1 Å². The quantitative estimate of drug-likeness (QED) is 0.761. The molecule has 0 bridgehead atoms. The first kappa shape index (κ1) is 22.4. The van der Waals surface area contributed by atoms with Crippen molar-refractivity contribution in [2.45, 2.75) is 83.2 Å². The molecule has 1 aliphatic carbocycles. The fraction of sp³-hybridized carbons (Fsp3) is 0.652. The van der Waals surface area contributed by atoms with Crippen LogP contribution in [-0.2, 0) is 16.0 Å². The van der Waals surface area contributed by atoms with Crippen molar-refractivity contribution in [2.75, 3.05) is 13.1 Å². The molecule has 7 nitrogen and oxygen atoms in total. The molecule has 0 aromatic heterocycles. The number of nitrogens with zero attached hydrogens (tertiary/aromatic N) is 1. The largest absolute Gasteiger partial charge is 0.446 e. The minimum Gasteiger partial charge on any atom is -0.446 e. The molecule has 1 atom stereocenters. The van der Waals surface area contributed by atoms with Gasteiger partial charge in [0.1, 0.15) is 11.7 Å². The lowest BCUT2D eigenvalue weighted by Crippen LogP contribution is -2.43. The molecule has 3 rings (SSSR count). The highest BCUT2D eigenvalue weighted by Gasteiger charge is 2.33. The summed E-state index contributed by atoms with van der Waals surface area (Å²) in [5.74, 6) is 0. The maximum absolute atomic E-state index is 12.1. The number of alkyl carbamates (subject to hydrolysis) is 2. The molecule has 2 N–H and O–H groups in total. The number of hydrogen-bond donors (Lipinski definition) is 2. The first-order valence-electron chi connectivity index (χ1n) is 11.0. The number of carbonyl (C=O) groups is 2. The van der Waals surface area contributed by atoms with Crippen LogP contribution in [0.5, 0.6) is 0 Å². The summed E-state index contributed by atoms with van der Waals surface area (Å²) in [5.41, 5.74) is 0.579. The molecule has 30 heavy (non-hydrogen) atoms. The van der Waals surface area contributed by atoms with Gasteiger partial charge in [-0.05, 0) is 58.4 Å². The highest BCUT2D eigenvalue weighted by atomic mass is 16.6. The smallest absolute Gasteiger partial charge is 0.407 e. The molecule has 2 amide bonds. The highest BCUT2D eigenvalue weighted by Crippen LogP contribution is 2.28. The molecule has 0 unspecified atom stereocenters. The van der Waals surface area contributed by atoms with Gasteiger partial charge in [0.25, 0.3) is 0 Å². The molecule has 0 radical (unpaired) electrons. The first-order valence-corrected chi connectivity index (χ1v) is 11.0. The third-order valence-electron chi connectivity index (χ3n) is 5.65. The van der Waals surface area contributed by atoms with Gasteiger partial charge in [-0.1, -0.05) is 30.3 Å². The Balaban J connectivity index is 1.33. The van der Waals surface area contributed by atoms with Gasteiger partial charge < -0.3 is 20.1 Å². The first-order chi connectivity index (χ1) is 14.3. The zero-order valence-electron chi connectivity index (χ0n) is 18.4. The number of rotatable bonds is 5. The summed E-state index contributed by atoms with van der Waals surface area (Å²) in [4.78, 5) is 26.5. The number of carbonyl (C=O) groups excluding carboxylic acids is 2. The SMILES string of the molecule is CC(C)(C)OC(=O)N[C@H]1CCN(C2CCC(OC(=O)NCc3ccccc3)CC2)C1. The summed E-state index contributed by atoms with van der Waals surface area (Å²) in [7, 11) is 0. The summed E-state index contributed by atoms with van der Waals surface area (Å²) < 4.78 is 11.0. The van der Waals surface area contributed by atoms with Gasteiger partial charge in [-0.2, -0.15) is 0 Å². The average Bonchev–Trinajstić information content (AvgIpc) is 3.14. The van der Waals surface area contributed by atoms with Crippen molar-refractivity contribution >= 4 is 12.2 Å². The van der Waals surface area contributed by atoms with Crippen LogP contribution in [0.25, 0.3) is 0 Å². The molecular formula is C23H35N3O4. The molecule has 166 valence electrons. The second kappa shape index (κ2) is 10.2. The zero-order valence-corrected chi connectivity index (χ0v) is 18.4. The summed E-state index contributed by atoms with van der Waals surface area (Å²) in [6.07, 6.45) is 4.02. The van der Waals surface area contributed by atoms with E-state index in [0.717, 1.165) is 50.8 Å². The Hall–Kier alpha value is -2.28. The van der Waals surface area contributed by atoms with Gasteiger partial charge >= 0.3 is 12.2 Å². The molecule has 1 aliphatic heterocycles. The standard InChI is InChI=1S/C23H35N3O4/c1-23(2,3)30-22(28)25-18-13-14-26(16-18)19-9-11-20(12-10-19)29-21(27)24-15-17-7-5-4-6-8-17/h4-8,18-20H,9-16H2,1-3H3,(H,24,27)(H,25,28)/t18-,19?,20?/m0/s1. The van der Waals surface area contributed by atoms with Crippen LogP contribution in [-0.4, -0.2) is 54.0 Å². The lowest BCUT2D eigenvalue weighted by molar-refractivity contribution is 0.0483. The van der Waals surface area contributed by atoms with E-state index in [4.69, 9.17) is 9.47 Å². The lowest BCUT2D eigenvalue weighted by Gasteiger charge is -2.34. The molecule has 1 saturated heterocycles. The van der Waals surface area contributed by atoms with E-state index in [2.05, 4.69) is 15.5 Å². The van der Waals surface area contributed by atoms with Crippen molar-refractivity contribution in [3.63, 3.8) is 0 Å². The third kappa shape index (κ3) is 7.20. The monoisotopic (exact) mass is 417 g/mol. The van der Waals surface area contributed by atoms with Crippen molar-refractivity contribution < 1.29 is 19.1 Å². The van der Waals surface area contributed by atoms with Crippen LogP contribution in [0.3, 0.4) is 0 Å². The van der Waals surface area contributed by atoms with E-state index >= 15 is 0 Å². The van der Waals surface area contributed by atoms with Gasteiger partial charge in [-0.3, -0.25) is 4.90 Å². The third-order valence-corrected chi connectivity index (χ3v) is 5.65. The second-order valence-electron chi connectivity index (χ2n) is 9.30. The van der Waals surface area contributed by atoms with E-state index in [9.17, 15) is 9.59 Å². The van der Waals surface area contributed by atoms with Crippen molar-refractivity contribution in [1.82, 2.24) is 15.5 Å². The lowest BCUT2D eigenvalue weighted by atomic mass is 9.92. The van der Waals surface area contributed by atoms with Crippen molar-refractivity contribution in [3.05, 3.63) is 35.9 Å². The Bertz CT molecular complexity index is 696. The maximum Gasteiger partial charge on any atom is 0.407 e. The molecular weight excluding hydrogens is 382 g/mol. The van der Waals surface area contributed by atoms with Gasteiger partial charge in [0.05, 0.1) is 0 Å². The Kier molecular flexibility index (Phi) is 7.58. The fourth-order valence-electron chi connectivity index (χ4n) is 4.20. The molecule has 2 aliphatic rings. The number of benzene rings is 1. The van der Waals surface area contributed by atoms with E-state index in [1.54, 1.807) is 0 Å². The minimum absolute atomic E-state index is 0.0182. The van der Waals surface area contributed by atoms with Crippen LogP contribution in [0.2, 0.25) is 0 Å². The van der Waals surface area contributed by atoms with Crippen LogP contribution in [0.1, 0.15) is 58.4 Å². The predicted octanol–water partition coefficient (Wildman–Crippen LogP) is 3.82. The summed E-state index contributed by atoms with van der Waals surface area (Å²) in [6.45, 7) is 7.93. The van der Waals surface area contributed by atoms with Gasteiger partial charge in [0, 0.05) is 31.7 Å². The Morgan fingerprint density at radius 2 is 1.73 bits per heavy atom. The van der Waals surface area contributed by atoms with Crippen LogP contribution in [0.4, 0.5) is 9.59 Å². The van der Waals surface area contributed by atoms with Crippen molar-refractivity contribution in [3.8, 4) is 0 Å². The Morgan fingerprint density at radius 1 is 1.03 bits per heavy atom. The van der Waals surface area contributed by atoms with Crippen LogP contribution >= 0.6 is 0 Å². The topological polar surface area (TPSA) is 79.9 Å². The number of likely N-dealkylation sites (tertiary alicyclic amines) is 1. The number of nitrogens with one attached hydrogen (secondary N) is 2. The molecule has 1 aromatic carbocycles. The normalized spacial score (nSPS) is 24.8. The Labute approximate surface area is 179 Å². The number of hydrogen-bond acceptors (Lipinski definition) is 5. The second-order valence-corrected chi connectivity index (χ2v) is 9.30. The van der Waals surface area contributed by atoms with Crippen LogP contribution in [0.15, 0.2) is 30.3 Å². The van der Waals surface area contributed by atoms with Gasteiger partial charge in [0.2, 0.25) is 0 Å². The van der Waals surface area contributed by atoms with Crippen molar-refractivity contribution in [2.24, 2.45) is 0 Å². The molecule has 1 saturated carbocycles. The highest BCUT2D eigenvalue weighted by molar-refractivity contribution is 5.68. The molecule has 7 heteroatoms.